The van der Waals surface area contributed by atoms with Crippen LogP contribution in [0.5, 0.6) is 0 Å². The smallest absolute Gasteiger partial charge is 0.253 e. The van der Waals surface area contributed by atoms with Gasteiger partial charge in [0.25, 0.3) is 5.91 Å². The van der Waals surface area contributed by atoms with E-state index in [2.05, 4.69) is 15.2 Å². The van der Waals surface area contributed by atoms with Crippen LogP contribution in [-0.2, 0) is 0 Å². The van der Waals surface area contributed by atoms with Crippen LogP contribution in [0.1, 0.15) is 42.2 Å². The first-order valence-electron chi connectivity index (χ1n) is 7.31. The second kappa shape index (κ2) is 6.70. The lowest BCUT2D eigenvalue weighted by Gasteiger charge is -2.29. The number of nitrogens with one attached hydrogen (secondary N) is 1. The Hall–Kier alpha value is -1.62. The third-order valence-corrected chi connectivity index (χ3v) is 3.71. The number of nitrogen functional groups attached to an aromatic ring is 1. The molecule has 110 valence electrons. The van der Waals surface area contributed by atoms with Crippen LogP contribution in [0, 0.1) is 6.92 Å². The van der Waals surface area contributed by atoms with Crippen molar-refractivity contribution in [2.75, 3.05) is 25.4 Å². The Labute approximate surface area is 120 Å². The summed E-state index contributed by atoms with van der Waals surface area (Å²) in [5, 5.41) is 3.04. The van der Waals surface area contributed by atoms with Crippen molar-refractivity contribution in [3.05, 3.63) is 23.5 Å². The Morgan fingerprint density at radius 2 is 2.15 bits per heavy atom. The molecule has 1 aliphatic rings. The number of piperidine rings is 1. The molecule has 2 rings (SSSR count). The van der Waals surface area contributed by atoms with Crippen LogP contribution in [0.4, 0.5) is 5.69 Å². The predicted octanol–water partition coefficient (Wildman–Crippen LogP) is 1.58. The van der Waals surface area contributed by atoms with Crippen molar-refractivity contribution in [3.63, 3.8) is 0 Å². The van der Waals surface area contributed by atoms with Gasteiger partial charge in [0.1, 0.15) is 0 Å². The number of carbonyl (C=O) groups is 1. The van der Waals surface area contributed by atoms with Gasteiger partial charge >= 0.3 is 0 Å². The third kappa shape index (κ3) is 3.93. The number of aryl methyl sites for hydroxylation is 1. The molecule has 1 unspecified atom stereocenters. The lowest BCUT2D eigenvalue weighted by molar-refractivity contribution is 0.0924. The minimum Gasteiger partial charge on any atom is -0.397 e. The number of nitrogens with zero attached hydrogens (tertiary/aromatic N) is 2. The number of anilines is 1. The first-order valence-corrected chi connectivity index (χ1v) is 7.31. The number of pyridine rings is 1. The Bertz CT molecular complexity index is 469. The molecule has 0 spiro atoms. The van der Waals surface area contributed by atoms with E-state index in [1.165, 1.54) is 19.3 Å². The highest BCUT2D eigenvalue weighted by atomic mass is 16.1. The second-order valence-electron chi connectivity index (χ2n) is 5.64. The van der Waals surface area contributed by atoms with Crippen molar-refractivity contribution < 1.29 is 4.79 Å². The summed E-state index contributed by atoms with van der Waals surface area (Å²) in [5.41, 5.74) is 7.49. The fraction of sp³-hybridized carbons (Fsp3) is 0.600. The molecule has 20 heavy (non-hydrogen) atoms. The summed E-state index contributed by atoms with van der Waals surface area (Å²) in [6.45, 7) is 7.05. The summed E-state index contributed by atoms with van der Waals surface area (Å²) in [4.78, 5) is 18.8. The lowest BCUT2D eigenvalue weighted by atomic mass is 10.1. The van der Waals surface area contributed by atoms with Crippen LogP contribution in [0.2, 0.25) is 0 Å². The number of carbonyl (C=O) groups excluding carboxylic acids is 1. The van der Waals surface area contributed by atoms with Gasteiger partial charge in [-0.25, -0.2) is 0 Å². The average Bonchev–Trinajstić information content (AvgIpc) is 2.42. The molecule has 5 heteroatoms. The Morgan fingerprint density at radius 1 is 1.45 bits per heavy atom. The largest absolute Gasteiger partial charge is 0.397 e. The van der Waals surface area contributed by atoms with Gasteiger partial charge in [0.15, 0.2) is 0 Å². The molecule has 1 aliphatic heterocycles. The van der Waals surface area contributed by atoms with Gasteiger partial charge < -0.3 is 16.0 Å². The molecule has 5 nitrogen and oxygen atoms in total. The van der Waals surface area contributed by atoms with Crippen molar-refractivity contribution in [2.24, 2.45) is 0 Å². The summed E-state index contributed by atoms with van der Waals surface area (Å²) >= 11 is 0. The number of hydrogen-bond donors (Lipinski definition) is 2. The van der Waals surface area contributed by atoms with Gasteiger partial charge in [-0.2, -0.15) is 0 Å². The van der Waals surface area contributed by atoms with Gasteiger partial charge in [-0.3, -0.25) is 9.78 Å². The molecule has 1 atom stereocenters. The predicted molar refractivity (Wildman–Crippen MR) is 80.6 cm³/mol. The molecule has 0 saturated carbocycles. The Kier molecular flexibility index (Phi) is 4.95. The van der Waals surface area contributed by atoms with Crippen LogP contribution >= 0.6 is 0 Å². The molecule has 0 radical (unpaired) electrons. The van der Waals surface area contributed by atoms with Crippen LogP contribution in [0.15, 0.2) is 12.3 Å². The maximum Gasteiger partial charge on any atom is 0.253 e. The average molecular weight is 276 g/mol. The van der Waals surface area contributed by atoms with Crippen molar-refractivity contribution in [2.45, 2.75) is 39.2 Å². The molecular formula is C15H24N4O. The minimum atomic E-state index is -0.0909. The zero-order chi connectivity index (χ0) is 14.5. The first kappa shape index (κ1) is 14.8. The summed E-state index contributed by atoms with van der Waals surface area (Å²) in [6.07, 6.45) is 5.42. The highest BCUT2D eigenvalue weighted by molar-refractivity contribution is 5.96. The van der Waals surface area contributed by atoms with E-state index in [1.807, 2.05) is 13.8 Å². The van der Waals surface area contributed by atoms with E-state index in [-0.39, 0.29) is 11.9 Å². The monoisotopic (exact) mass is 276 g/mol. The van der Waals surface area contributed by atoms with E-state index in [4.69, 9.17) is 5.73 Å². The number of rotatable bonds is 4. The fourth-order valence-electron chi connectivity index (χ4n) is 2.66. The van der Waals surface area contributed by atoms with Crippen LogP contribution < -0.4 is 11.1 Å². The number of likely N-dealkylation sites (tertiary alicyclic amines) is 1. The zero-order valence-corrected chi connectivity index (χ0v) is 12.4. The number of hydrogen-bond acceptors (Lipinski definition) is 4. The third-order valence-electron chi connectivity index (χ3n) is 3.71. The molecule has 2 heterocycles. The molecular weight excluding hydrogens is 252 g/mol. The van der Waals surface area contributed by atoms with Crippen LogP contribution in [0.25, 0.3) is 0 Å². The van der Waals surface area contributed by atoms with Gasteiger partial charge in [0.05, 0.1) is 23.1 Å². The van der Waals surface area contributed by atoms with Crippen molar-refractivity contribution in [1.82, 2.24) is 15.2 Å². The molecule has 1 aromatic rings. The van der Waals surface area contributed by atoms with Crippen molar-refractivity contribution in [1.29, 1.82) is 0 Å². The number of amides is 1. The van der Waals surface area contributed by atoms with E-state index in [1.54, 1.807) is 12.3 Å². The normalized spacial score (nSPS) is 17.7. The summed E-state index contributed by atoms with van der Waals surface area (Å²) in [7, 11) is 0. The SMILES string of the molecule is Cc1ncc(N)cc1C(=O)NC(C)CN1CCCCC1. The van der Waals surface area contributed by atoms with Crippen LogP contribution in [-0.4, -0.2) is 41.5 Å². The molecule has 1 aromatic heterocycles. The summed E-state index contributed by atoms with van der Waals surface area (Å²) in [6, 6.07) is 1.81. The lowest BCUT2D eigenvalue weighted by Crippen LogP contribution is -2.43. The number of aromatic nitrogens is 1. The van der Waals surface area contributed by atoms with Gasteiger partial charge in [0, 0.05) is 12.6 Å². The molecule has 0 aromatic carbocycles. The van der Waals surface area contributed by atoms with Crippen molar-refractivity contribution in [3.8, 4) is 0 Å². The molecule has 3 N–H and O–H groups in total. The van der Waals surface area contributed by atoms with Gasteiger partial charge in [-0.05, 0) is 45.8 Å². The standard InChI is InChI=1S/C15H24N4O/c1-11(10-19-6-4-3-5-7-19)18-15(20)14-8-13(16)9-17-12(14)2/h8-9,11H,3-7,10,16H2,1-2H3,(H,18,20). The Morgan fingerprint density at radius 3 is 2.85 bits per heavy atom. The quantitative estimate of drug-likeness (QED) is 0.876. The number of nitrogens with two attached hydrogens (primary N) is 1. The van der Waals surface area contributed by atoms with E-state index in [0.717, 1.165) is 19.6 Å². The fourth-order valence-corrected chi connectivity index (χ4v) is 2.66. The molecule has 1 saturated heterocycles. The minimum absolute atomic E-state index is 0.0909. The molecule has 1 fully saturated rings. The first-order chi connectivity index (χ1) is 9.56. The molecule has 0 aliphatic carbocycles. The molecule has 1 amide bonds. The topological polar surface area (TPSA) is 71.2 Å². The zero-order valence-electron chi connectivity index (χ0n) is 12.4. The highest BCUT2D eigenvalue weighted by Crippen LogP contribution is 2.11. The summed E-state index contributed by atoms with van der Waals surface area (Å²) < 4.78 is 0. The second-order valence-corrected chi connectivity index (χ2v) is 5.64. The van der Waals surface area contributed by atoms with E-state index >= 15 is 0 Å². The maximum atomic E-state index is 12.2. The van der Waals surface area contributed by atoms with E-state index in [0.29, 0.717) is 16.9 Å². The summed E-state index contributed by atoms with van der Waals surface area (Å²) in [5.74, 6) is -0.0909. The van der Waals surface area contributed by atoms with Gasteiger partial charge in [0.2, 0.25) is 0 Å². The Balaban J connectivity index is 1.91. The van der Waals surface area contributed by atoms with Crippen LogP contribution in [0.3, 0.4) is 0 Å². The van der Waals surface area contributed by atoms with Gasteiger partial charge in [-0.15, -0.1) is 0 Å². The molecule has 0 bridgehead atoms. The highest BCUT2D eigenvalue weighted by Gasteiger charge is 2.17. The maximum absolute atomic E-state index is 12.2. The van der Waals surface area contributed by atoms with E-state index < -0.39 is 0 Å². The van der Waals surface area contributed by atoms with E-state index in [9.17, 15) is 4.79 Å². The van der Waals surface area contributed by atoms with Gasteiger partial charge in [-0.1, -0.05) is 6.42 Å². The van der Waals surface area contributed by atoms with Crippen molar-refractivity contribution >= 4 is 11.6 Å².